The van der Waals surface area contributed by atoms with E-state index in [0.29, 0.717) is 11.3 Å². The number of nitrogens with zero attached hydrogens (tertiary/aromatic N) is 1. The van der Waals surface area contributed by atoms with Crippen LogP contribution in [0.25, 0.3) is 11.3 Å². The van der Waals surface area contributed by atoms with E-state index < -0.39 is 17.8 Å². The first-order valence-electron chi connectivity index (χ1n) is 7.41. The van der Waals surface area contributed by atoms with Gasteiger partial charge >= 0.3 is 0 Å². The summed E-state index contributed by atoms with van der Waals surface area (Å²) in [6.07, 6.45) is 1.34. The van der Waals surface area contributed by atoms with Crippen LogP contribution in [0.2, 0.25) is 0 Å². The average Bonchev–Trinajstić information content (AvgIpc) is 3.04. The van der Waals surface area contributed by atoms with Gasteiger partial charge in [0.25, 0.3) is 5.91 Å². The van der Waals surface area contributed by atoms with Crippen LogP contribution in [-0.4, -0.2) is 16.1 Å². The third-order valence-corrected chi connectivity index (χ3v) is 3.72. The number of nitrogens with one attached hydrogen (secondary N) is 2. The van der Waals surface area contributed by atoms with Crippen LogP contribution in [0.5, 0.6) is 0 Å². The lowest BCUT2D eigenvalue weighted by Gasteiger charge is -2.14. The molecule has 1 aromatic heterocycles. The van der Waals surface area contributed by atoms with Gasteiger partial charge in [0, 0.05) is 5.56 Å². The Kier molecular flexibility index (Phi) is 4.37. The number of rotatable bonds is 4. The quantitative estimate of drug-likeness (QED) is 0.765. The molecule has 0 aliphatic heterocycles. The highest BCUT2D eigenvalue weighted by atomic mass is 19.1. The van der Waals surface area contributed by atoms with Crippen LogP contribution in [0.3, 0.4) is 0 Å². The lowest BCUT2D eigenvalue weighted by atomic mass is 10.1. The molecule has 0 spiro atoms. The van der Waals surface area contributed by atoms with E-state index >= 15 is 0 Å². The fraction of sp³-hybridized carbons (Fsp3) is 0.111. The molecule has 1 atom stereocenters. The fourth-order valence-corrected chi connectivity index (χ4v) is 2.46. The van der Waals surface area contributed by atoms with Crippen molar-refractivity contribution < 1.29 is 13.6 Å². The lowest BCUT2D eigenvalue weighted by molar-refractivity contribution is 0.0940. The first kappa shape index (κ1) is 15.9. The lowest BCUT2D eigenvalue weighted by Crippen LogP contribution is -2.26. The van der Waals surface area contributed by atoms with Crippen molar-refractivity contribution in [2.45, 2.75) is 13.0 Å². The zero-order valence-corrected chi connectivity index (χ0v) is 12.9. The molecular weight excluding hydrogens is 312 g/mol. The van der Waals surface area contributed by atoms with E-state index in [2.05, 4.69) is 15.5 Å². The average molecular weight is 327 g/mol. The van der Waals surface area contributed by atoms with Crippen LogP contribution in [0.15, 0.2) is 54.7 Å². The van der Waals surface area contributed by atoms with E-state index in [-0.39, 0.29) is 16.9 Å². The van der Waals surface area contributed by atoms with Gasteiger partial charge in [-0.1, -0.05) is 24.3 Å². The van der Waals surface area contributed by atoms with E-state index in [1.54, 1.807) is 37.3 Å². The van der Waals surface area contributed by atoms with E-state index in [0.717, 1.165) is 0 Å². The summed E-state index contributed by atoms with van der Waals surface area (Å²) in [6, 6.07) is 11.7. The smallest absolute Gasteiger partial charge is 0.255 e. The maximum atomic E-state index is 13.9. The number of aromatic amines is 1. The molecule has 122 valence electrons. The van der Waals surface area contributed by atoms with Crippen LogP contribution in [0, 0.1) is 11.6 Å². The molecule has 0 bridgehead atoms. The maximum Gasteiger partial charge on any atom is 0.255 e. The van der Waals surface area contributed by atoms with Crippen molar-refractivity contribution in [2.75, 3.05) is 0 Å². The van der Waals surface area contributed by atoms with Gasteiger partial charge in [0.05, 0.1) is 23.5 Å². The first-order chi connectivity index (χ1) is 11.6. The highest BCUT2D eigenvalue weighted by Gasteiger charge is 2.19. The van der Waals surface area contributed by atoms with E-state index in [1.165, 1.54) is 24.4 Å². The number of H-pyrrole nitrogens is 1. The summed E-state index contributed by atoms with van der Waals surface area (Å²) in [6.45, 7) is 1.75. The molecular formula is C18H15F2N3O. The van der Waals surface area contributed by atoms with Gasteiger partial charge in [0.2, 0.25) is 0 Å². The maximum absolute atomic E-state index is 13.9. The molecule has 2 aromatic carbocycles. The molecule has 0 aliphatic rings. The Labute approximate surface area is 137 Å². The van der Waals surface area contributed by atoms with Gasteiger partial charge in [-0.25, -0.2) is 8.78 Å². The molecule has 1 heterocycles. The molecule has 2 N–H and O–H groups in total. The van der Waals surface area contributed by atoms with Crippen LogP contribution < -0.4 is 5.32 Å². The van der Waals surface area contributed by atoms with Crippen LogP contribution in [-0.2, 0) is 0 Å². The topological polar surface area (TPSA) is 57.8 Å². The third-order valence-electron chi connectivity index (χ3n) is 3.72. The van der Waals surface area contributed by atoms with E-state index in [9.17, 15) is 13.6 Å². The summed E-state index contributed by atoms with van der Waals surface area (Å²) >= 11 is 0. The number of benzene rings is 2. The van der Waals surface area contributed by atoms with Gasteiger partial charge in [0.15, 0.2) is 0 Å². The molecule has 0 aliphatic carbocycles. The standard InChI is InChI=1S/C18H15F2N3O/c1-11(12-5-4-6-13(19)9-12)22-18(24)15-10-21-23-17(15)14-7-2-3-8-16(14)20/h2-11H,1H3,(H,21,23)(H,22,24). The van der Waals surface area contributed by atoms with Crippen molar-refractivity contribution in [3.8, 4) is 11.3 Å². The third kappa shape index (κ3) is 3.17. The number of hydrogen-bond acceptors (Lipinski definition) is 2. The molecule has 0 saturated heterocycles. The molecule has 1 amide bonds. The van der Waals surface area contributed by atoms with Crippen molar-refractivity contribution in [1.82, 2.24) is 15.5 Å². The summed E-state index contributed by atoms with van der Waals surface area (Å²) in [5.74, 6) is -1.24. The fourth-order valence-electron chi connectivity index (χ4n) is 2.46. The molecule has 1 unspecified atom stereocenters. The number of aromatic nitrogens is 2. The number of carbonyl (C=O) groups is 1. The highest BCUT2D eigenvalue weighted by Crippen LogP contribution is 2.24. The van der Waals surface area contributed by atoms with Crippen LogP contribution in [0.1, 0.15) is 28.9 Å². The monoisotopic (exact) mass is 327 g/mol. The van der Waals surface area contributed by atoms with Crippen molar-refractivity contribution >= 4 is 5.91 Å². The molecule has 6 heteroatoms. The van der Waals surface area contributed by atoms with Crippen molar-refractivity contribution in [3.63, 3.8) is 0 Å². The minimum absolute atomic E-state index is 0.225. The van der Waals surface area contributed by atoms with Crippen molar-refractivity contribution in [3.05, 3.63) is 77.5 Å². The van der Waals surface area contributed by atoms with Gasteiger partial charge in [-0.2, -0.15) is 5.10 Å². The second-order valence-corrected chi connectivity index (χ2v) is 5.39. The summed E-state index contributed by atoms with van der Waals surface area (Å²) in [4.78, 5) is 12.5. The van der Waals surface area contributed by atoms with Crippen LogP contribution in [0.4, 0.5) is 8.78 Å². The molecule has 3 rings (SSSR count). The Morgan fingerprint density at radius 1 is 1.17 bits per heavy atom. The zero-order chi connectivity index (χ0) is 17.1. The van der Waals surface area contributed by atoms with Crippen molar-refractivity contribution in [2.24, 2.45) is 0 Å². The molecule has 0 fully saturated rings. The zero-order valence-electron chi connectivity index (χ0n) is 12.9. The molecule has 4 nitrogen and oxygen atoms in total. The summed E-state index contributed by atoms with van der Waals surface area (Å²) in [7, 11) is 0. The second-order valence-electron chi connectivity index (χ2n) is 5.39. The predicted molar refractivity (Wildman–Crippen MR) is 86.3 cm³/mol. The normalized spacial score (nSPS) is 12.0. The van der Waals surface area contributed by atoms with Gasteiger partial charge in [-0.3, -0.25) is 9.89 Å². The number of amides is 1. The number of halogens is 2. The Morgan fingerprint density at radius 3 is 2.71 bits per heavy atom. The Hall–Kier alpha value is -3.02. The minimum Gasteiger partial charge on any atom is -0.345 e. The van der Waals surface area contributed by atoms with Gasteiger partial charge in [-0.15, -0.1) is 0 Å². The van der Waals surface area contributed by atoms with Crippen molar-refractivity contribution in [1.29, 1.82) is 0 Å². The van der Waals surface area contributed by atoms with Gasteiger partial charge in [0.1, 0.15) is 11.6 Å². The molecule has 0 saturated carbocycles. The van der Waals surface area contributed by atoms with Gasteiger partial charge in [-0.05, 0) is 36.8 Å². The summed E-state index contributed by atoms with van der Waals surface area (Å²) in [5, 5.41) is 9.26. The second kappa shape index (κ2) is 6.62. The molecule has 24 heavy (non-hydrogen) atoms. The van der Waals surface area contributed by atoms with E-state index in [1.807, 2.05) is 0 Å². The Morgan fingerprint density at radius 2 is 1.96 bits per heavy atom. The largest absolute Gasteiger partial charge is 0.345 e. The first-order valence-corrected chi connectivity index (χ1v) is 7.41. The van der Waals surface area contributed by atoms with E-state index in [4.69, 9.17) is 0 Å². The highest BCUT2D eigenvalue weighted by molar-refractivity contribution is 6.00. The Bertz CT molecular complexity index is 876. The number of carbonyl (C=O) groups excluding carboxylic acids is 1. The predicted octanol–water partition coefficient (Wildman–Crippen LogP) is 3.85. The van der Waals surface area contributed by atoms with Crippen LogP contribution >= 0.6 is 0 Å². The minimum atomic E-state index is -0.450. The summed E-state index contributed by atoms with van der Waals surface area (Å²) in [5.41, 5.74) is 1.43. The Balaban J connectivity index is 1.84. The van der Waals surface area contributed by atoms with Gasteiger partial charge < -0.3 is 5.32 Å². The summed E-state index contributed by atoms with van der Waals surface area (Å²) < 4.78 is 27.2. The number of hydrogen-bond donors (Lipinski definition) is 2. The molecule has 3 aromatic rings. The molecule has 0 radical (unpaired) electrons. The SMILES string of the molecule is CC(NC(=O)c1cn[nH]c1-c1ccccc1F)c1cccc(F)c1.